The van der Waals surface area contributed by atoms with E-state index in [1.807, 2.05) is 46.4 Å². The van der Waals surface area contributed by atoms with Crippen LogP contribution in [0.3, 0.4) is 0 Å². The van der Waals surface area contributed by atoms with Crippen LogP contribution in [0.15, 0.2) is 66.3 Å². The van der Waals surface area contributed by atoms with Crippen LogP contribution in [0.5, 0.6) is 0 Å². The van der Waals surface area contributed by atoms with E-state index in [0.29, 0.717) is 16.9 Å². The molecule has 2 heterocycles. The fraction of sp³-hybridized carbons (Fsp3) is 0.0500. The van der Waals surface area contributed by atoms with Gasteiger partial charge in [0.15, 0.2) is 4.96 Å². The number of hydrogen-bond acceptors (Lipinski definition) is 4. The molecule has 0 atom stereocenters. The van der Waals surface area contributed by atoms with Crippen molar-refractivity contribution in [1.82, 2.24) is 9.38 Å². The zero-order valence-electron chi connectivity index (χ0n) is 14.5. The molecule has 0 unspecified atom stereocenters. The summed E-state index contributed by atoms with van der Waals surface area (Å²) in [4.78, 5) is 28.9. The van der Waals surface area contributed by atoms with Crippen LogP contribution in [-0.4, -0.2) is 21.2 Å². The van der Waals surface area contributed by atoms with Gasteiger partial charge < -0.3 is 10.6 Å². The summed E-state index contributed by atoms with van der Waals surface area (Å²) >= 11 is 1.59. The maximum absolute atomic E-state index is 12.4. The fourth-order valence-corrected chi connectivity index (χ4v) is 3.40. The van der Waals surface area contributed by atoms with Crippen molar-refractivity contribution in [3.63, 3.8) is 0 Å². The molecule has 0 saturated heterocycles. The van der Waals surface area contributed by atoms with Gasteiger partial charge in [0, 0.05) is 47.2 Å². The van der Waals surface area contributed by atoms with Crippen molar-refractivity contribution in [3.8, 4) is 11.3 Å². The number of benzene rings is 2. The quantitative estimate of drug-likeness (QED) is 0.558. The zero-order chi connectivity index (χ0) is 18.8. The summed E-state index contributed by atoms with van der Waals surface area (Å²) < 4.78 is 1.99. The van der Waals surface area contributed by atoms with Gasteiger partial charge in [0.1, 0.15) is 0 Å². The van der Waals surface area contributed by atoms with Crippen LogP contribution in [0.1, 0.15) is 17.3 Å². The highest BCUT2D eigenvalue weighted by Gasteiger charge is 2.08. The number of hydrogen-bond donors (Lipinski definition) is 2. The van der Waals surface area contributed by atoms with Crippen LogP contribution >= 0.6 is 11.3 Å². The van der Waals surface area contributed by atoms with Gasteiger partial charge in [-0.05, 0) is 36.4 Å². The summed E-state index contributed by atoms with van der Waals surface area (Å²) in [6.45, 7) is 1.44. The molecule has 0 saturated carbocycles. The number of fused-ring (bicyclic) bond motifs is 1. The SMILES string of the molecule is CC(=O)Nc1ccc(C(=O)Nc2ccc(-c3cn4ccsc4n3)cc2)cc1. The van der Waals surface area contributed by atoms with Gasteiger partial charge >= 0.3 is 0 Å². The van der Waals surface area contributed by atoms with E-state index in [1.54, 1.807) is 35.6 Å². The van der Waals surface area contributed by atoms with Crippen LogP contribution in [0.25, 0.3) is 16.2 Å². The molecule has 0 spiro atoms. The summed E-state index contributed by atoms with van der Waals surface area (Å²) in [6.07, 6.45) is 3.96. The monoisotopic (exact) mass is 376 g/mol. The van der Waals surface area contributed by atoms with Crippen molar-refractivity contribution >= 4 is 39.5 Å². The molecule has 0 aliphatic rings. The smallest absolute Gasteiger partial charge is 0.255 e. The minimum atomic E-state index is -0.209. The molecule has 4 aromatic rings. The molecule has 7 heteroatoms. The first kappa shape index (κ1) is 17.0. The van der Waals surface area contributed by atoms with E-state index in [9.17, 15) is 9.59 Å². The molecule has 0 bridgehead atoms. The van der Waals surface area contributed by atoms with Crippen LogP contribution in [0, 0.1) is 0 Å². The Kier molecular flexibility index (Phi) is 4.43. The molecule has 0 aliphatic heterocycles. The standard InChI is InChI=1S/C20H16N4O2S/c1-13(25)21-16-8-4-15(5-9-16)19(26)22-17-6-2-14(3-7-17)18-12-24-10-11-27-20(24)23-18/h2-12H,1H3,(H,21,25)(H,22,26). The molecular weight excluding hydrogens is 360 g/mol. The van der Waals surface area contributed by atoms with E-state index in [1.165, 1.54) is 6.92 Å². The van der Waals surface area contributed by atoms with Crippen molar-refractivity contribution < 1.29 is 9.59 Å². The number of anilines is 2. The van der Waals surface area contributed by atoms with E-state index < -0.39 is 0 Å². The minimum Gasteiger partial charge on any atom is -0.326 e. The van der Waals surface area contributed by atoms with Gasteiger partial charge in [-0.1, -0.05) is 12.1 Å². The maximum Gasteiger partial charge on any atom is 0.255 e. The first-order chi connectivity index (χ1) is 13.1. The molecule has 2 aromatic carbocycles. The largest absolute Gasteiger partial charge is 0.326 e. The van der Waals surface area contributed by atoms with Crippen molar-refractivity contribution in [2.45, 2.75) is 6.92 Å². The predicted molar refractivity (Wildman–Crippen MR) is 107 cm³/mol. The van der Waals surface area contributed by atoms with Crippen molar-refractivity contribution in [3.05, 3.63) is 71.9 Å². The molecule has 6 nitrogen and oxygen atoms in total. The molecule has 2 N–H and O–H groups in total. The Bertz CT molecular complexity index is 1080. The van der Waals surface area contributed by atoms with Crippen molar-refractivity contribution in [1.29, 1.82) is 0 Å². The Morgan fingerprint density at radius 2 is 1.63 bits per heavy atom. The van der Waals surface area contributed by atoms with Crippen molar-refractivity contribution in [2.24, 2.45) is 0 Å². The van der Waals surface area contributed by atoms with Crippen LogP contribution < -0.4 is 10.6 Å². The van der Waals surface area contributed by atoms with E-state index in [0.717, 1.165) is 16.2 Å². The number of nitrogens with zero attached hydrogens (tertiary/aromatic N) is 2. The lowest BCUT2D eigenvalue weighted by atomic mass is 10.1. The highest BCUT2D eigenvalue weighted by molar-refractivity contribution is 7.15. The molecule has 2 amide bonds. The highest BCUT2D eigenvalue weighted by Crippen LogP contribution is 2.23. The van der Waals surface area contributed by atoms with Crippen LogP contribution in [0.4, 0.5) is 11.4 Å². The Morgan fingerprint density at radius 3 is 2.30 bits per heavy atom. The van der Waals surface area contributed by atoms with E-state index >= 15 is 0 Å². The normalized spacial score (nSPS) is 10.7. The first-order valence-corrected chi connectivity index (χ1v) is 9.18. The van der Waals surface area contributed by atoms with E-state index in [4.69, 9.17) is 0 Å². The zero-order valence-corrected chi connectivity index (χ0v) is 15.3. The lowest BCUT2D eigenvalue weighted by molar-refractivity contribution is -0.114. The molecule has 2 aromatic heterocycles. The summed E-state index contributed by atoms with van der Waals surface area (Å²) in [7, 11) is 0. The van der Waals surface area contributed by atoms with Gasteiger partial charge in [-0.3, -0.25) is 14.0 Å². The minimum absolute atomic E-state index is 0.148. The average molecular weight is 376 g/mol. The number of imidazole rings is 1. The van der Waals surface area contributed by atoms with Crippen LogP contribution in [0.2, 0.25) is 0 Å². The Hall–Kier alpha value is -3.45. The van der Waals surface area contributed by atoms with Gasteiger partial charge in [0.2, 0.25) is 5.91 Å². The summed E-state index contributed by atoms with van der Waals surface area (Å²) in [5.74, 6) is -0.357. The fourth-order valence-electron chi connectivity index (χ4n) is 2.70. The van der Waals surface area contributed by atoms with Crippen LogP contribution in [-0.2, 0) is 4.79 Å². The van der Waals surface area contributed by atoms with Gasteiger partial charge in [0.25, 0.3) is 5.91 Å². The Morgan fingerprint density at radius 1 is 0.963 bits per heavy atom. The first-order valence-electron chi connectivity index (χ1n) is 8.30. The molecule has 4 rings (SSSR count). The third-order valence-corrected chi connectivity index (χ3v) is 4.77. The highest BCUT2D eigenvalue weighted by atomic mass is 32.1. The third-order valence-electron chi connectivity index (χ3n) is 4.00. The number of aromatic nitrogens is 2. The molecule has 0 aliphatic carbocycles. The number of amides is 2. The number of carbonyl (C=O) groups excluding carboxylic acids is 2. The average Bonchev–Trinajstić information content (AvgIpc) is 3.24. The summed E-state index contributed by atoms with van der Waals surface area (Å²) in [6, 6.07) is 14.3. The lowest BCUT2D eigenvalue weighted by Gasteiger charge is -2.07. The third kappa shape index (κ3) is 3.73. The van der Waals surface area contributed by atoms with Gasteiger partial charge in [-0.25, -0.2) is 4.98 Å². The Labute approximate surface area is 159 Å². The lowest BCUT2D eigenvalue weighted by Crippen LogP contribution is -2.12. The van der Waals surface area contributed by atoms with Gasteiger partial charge in [0.05, 0.1) is 5.69 Å². The predicted octanol–water partition coefficient (Wildman–Crippen LogP) is 4.27. The molecule has 134 valence electrons. The van der Waals surface area contributed by atoms with Gasteiger partial charge in [-0.15, -0.1) is 11.3 Å². The second-order valence-electron chi connectivity index (χ2n) is 6.01. The van der Waals surface area contributed by atoms with E-state index in [-0.39, 0.29) is 11.8 Å². The molecule has 27 heavy (non-hydrogen) atoms. The summed E-state index contributed by atoms with van der Waals surface area (Å²) in [5.41, 5.74) is 3.76. The molecule has 0 radical (unpaired) electrons. The number of nitrogens with one attached hydrogen (secondary N) is 2. The summed E-state index contributed by atoms with van der Waals surface area (Å²) in [5, 5.41) is 7.53. The van der Waals surface area contributed by atoms with Crippen molar-refractivity contribution in [2.75, 3.05) is 10.6 Å². The number of rotatable bonds is 4. The number of carbonyl (C=O) groups is 2. The Balaban J connectivity index is 1.45. The second kappa shape index (κ2) is 7.05. The van der Waals surface area contributed by atoms with Gasteiger partial charge in [-0.2, -0.15) is 0 Å². The molecular formula is C20H16N4O2S. The second-order valence-corrected chi connectivity index (χ2v) is 6.88. The molecule has 0 fully saturated rings. The van der Waals surface area contributed by atoms with E-state index in [2.05, 4.69) is 15.6 Å². The topological polar surface area (TPSA) is 75.5 Å². The number of thiazole rings is 1. The maximum atomic E-state index is 12.4.